The van der Waals surface area contributed by atoms with E-state index in [9.17, 15) is 4.79 Å². The van der Waals surface area contributed by atoms with E-state index >= 15 is 0 Å². The molecule has 3 aromatic rings. The molecule has 0 aliphatic rings. The lowest BCUT2D eigenvalue weighted by Gasteiger charge is -2.13. The van der Waals surface area contributed by atoms with Crippen molar-refractivity contribution in [3.05, 3.63) is 46.6 Å². The van der Waals surface area contributed by atoms with Crippen LogP contribution in [0.3, 0.4) is 0 Å². The monoisotopic (exact) mass is 326 g/mol. The maximum absolute atomic E-state index is 12.2. The molecule has 0 bridgehead atoms. The number of rotatable bonds is 4. The van der Waals surface area contributed by atoms with E-state index in [0.717, 1.165) is 27.0 Å². The van der Waals surface area contributed by atoms with Crippen molar-refractivity contribution >= 4 is 39.0 Å². The summed E-state index contributed by atoms with van der Waals surface area (Å²) in [5.41, 5.74) is 4.21. The van der Waals surface area contributed by atoms with Gasteiger partial charge in [0.2, 0.25) is 5.91 Å². The predicted octanol–water partition coefficient (Wildman–Crippen LogP) is 3.67. The van der Waals surface area contributed by atoms with Crippen LogP contribution in [0.25, 0.3) is 10.2 Å². The Balaban J connectivity index is 1.70. The zero-order valence-electron chi connectivity index (χ0n) is 13.3. The summed E-state index contributed by atoms with van der Waals surface area (Å²) in [6, 6.07) is 6.08. The Kier molecular flexibility index (Phi) is 4.25. The van der Waals surface area contributed by atoms with Gasteiger partial charge in [0.15, 0.2) is 0 Å². The molecule has 1 amide bonds. The lowest BCUT2D eigenvalue weighted by Crippen LogP contribution is -2.23. The zero-order valence-corrected chi connectivity index (χ0v) is 14.1. The molecular weight excluding hydrogens is 308 g/mol. The molecule has 5 nitrogen and oxygen atoms in total. The van der Waals surface area contributed by atoms with E-state index in [1.54, 1.807) is 11.3 Å². The largest absolute Gasteiger partial charge is 0.360 e. The van der Waals surface area contributed by atoms with E-state index in [1.807, 2.05) is 32.2 Å². The zero-order chi connectivity index (χ0) is 16.4. The fourth-order valence-corrected chi connectivity index (χ4v) is 3.39. The SMILES string of the molecule is Cc1cc(C)c(NC(=O)CNc2ncnc3sccc23)c(C)c1. The van der Waals surface area contributed by atoms with Crippen molar-refractivity contribution in [3.63, 3.8) is 0 Å². The molecule has 6 heteroatoms. The van der Waals surface area contributed by atoms with Gasteiger partial charge in [-0.15, -0.1) is 11.3 Å². The highest BCUT2D eigenvalue weighted by Crippen LogP contribution is 2.24. The molecule has 0 saturated carbocycles. The molecule has 0 aliphatic heterocycles. The van der Waals surface area contributed by atoms with Gasteiger partial charge in [-0.05, 0) is 43.3 Å². The van der Waals surface area contributed by atoms with E-state index in [1.165, 1.54) is 11.9 Å². The number of hydrogen-bond acceptors (Lipinski definition) is 5. The van der Waals surface area contributed by atoms with Crippen LogP contribution in [0.2, 0.25) is 0 Å². The summed E-state index contributed by atoms with van der Waals surface area (Å²) >= 11 is 1.55. The third-order valence-electron chi connectivity index (χ3n) is 3.62. The number of benzene rings is 1. The minimum Gasteiger partial charge on any atom is -0.360 e. The first kappa shape index (κ1) is 15.4. The molecule has 118 valence electrons. The molecule has 2 N–H and O–H groups in total. The van der Waals surface area contributed by atoms with Crippen LogP contribution >= 0.6 is 11.3 Å². The van der Waals surface area contributed by atoms with E-state index in [2.05, 4.69) is 32.7 Å². The molecule has 0 aliphatic carbocycles. The molecular formula is C17H18N4OS. The second kappa shape index (κ2) is 6.34. The van der Waals surface area contributed by atoms with Gasteiger partial charge in [0.1, 0.15) is 17.0 Å². The fourth-order valence-electron chi connectivity index (χ4n) is 2.66. The number of nitrogens with one attached hydrogen (secondary N) is 2. The van der Waals surface area contributed by atoms with Gasteiger partial charge in [0.25, 0.3) is 0 Å². The summed E-state index contributed by atoms with van der Waals surface area (Å²) in [5, 5.41) is 8.96. The maximum atomic E-state index is 12.2. The molecule has 2 aromatic heterocycles. The van der Waals surface area contributed by atoms with Gasteiger partial charge in [-0.3, -0.25) is 4.79 Å². The number of fused-ring (bicyclic) bond motifs is 1. The minimum absolute atomic E-state index is 0.0953. The van der Waals surface area contributed by atoms with Crippen LogP contribution < -0.4 is 10.6 Å². The number of carbonyl (C=O) groups is 1. The number of amides is 1. The van der Waals surface area contributed by atoms with Gasteiger partial charge in [-0.2, -0.15) is 0 Å². The van der Waals surface area contributed by atoms with Crippen molar-refractivity contribution in [2.24, 2.45) is 0 Å². The Hall–Kier alpha value is -2.47. The average molecular weight is 326 g/mol. The molecule has 2 heterocycles. The molecule has 0 unspecified atom stereocenters. The first-order valence-electron chi connectivity index (χ1n) is 7.34. The molecule has 3 rings (SSSR count). The maximum Gasteiger partial charge on any atom is 0.243 e. The van der Waals surface area contributed by atoms with Gasteiger partial charge in [-0.25, -0.2) is 9.97 Å². The quantitative estimate of drug-likeness (QED) is 0.768. The van der Waals surface area contributed by atoms with Crippen LogP contribution in [0.15, 0.2) is 29.9 Å². The van der Waals surface area contributed by atoms with Crippen molar-refractivity contribution < 1.29 is 4.79 Å². The third kappa shape index (κ3) is 3.32. The number of aryl methyl sites for hydroxylation is 3. The Labute approximate surface area is 138 Å². The average Bonchev–Trinajstić information content (AvgIpc) is 2.97. The Morgan fingerprint density at radius 1 is 1.17 bits per heavy atom. The molecule has 0 atom stereocenters. The Morgan fingerprint density at radius 2 is 1.91 bits per heavy atom. The van der Waals surface area contributed by atoms with E-state index in [4.69, 9.17) is 0 Å². The molecule has 23 heavy (non-hydrogen) atoms. The van der Waals surface area contributed by atoms with E-state index < -0.39 is 0 Å². The fraction of sp³-hybridized carbons (Fsp3) is 0.235. The van der Waals surface area contributed by atoms with E-state index in [0.29, 0.717) is 5.82 Å². The van der Waals surface area contributed by atoms with Crippen molar-refractivity contribution in [2.75, 3.05) is 17.2 Å². The van der Waals surface area contributed by atoms with Crippen LogP contribution in [-0.2, 0) is 4.79 Å². The highest BCUT2D eigenvalue weighted by Gasteiger charge is 2.10. The summed E-state index contributed by atoms with van der Waals surface area (Å²) in [5.74, 6) is 0.589. The van der Waals surface area contributed by atoms with Crippen LogP contribution in [0.1, 0.15) is 16.7 Å². The summed E-state index contributed by atoms with van der Waals surface area (Å²) in [6.45, 7) is 6.22. The lowest BCUT2D eigenvalue weighted by molar-refractivity contribution is -0.114. The van der Waals surface area contributed by atoms with Crippen LogP contribution in [0.4, 0.5) is 11.5 Å². The number of thiophene rings is 1. The minimum atomic E-state index is -0.0953. The van der Waals surface area contributed by atoms with Crippen molar-refractivity contribution in [1.29, 1.82) is 0 Å². The summed E-state index contributed by atoms with van der Waals surface area (Å²) in [4.78, 5) is 21.5. The van der Waals surface area contributed by atoms with Crippen molar-refractivity contribution in [1.82, 2.24) is 9.97 Å². The Morgan fingerprint density at radius 3 is 2.65 bits per heavy atom. The van der Waals surface area contributed by atoms with Crippen molar-refractivity contribution in [2.45, 2.75) is 20.8 Å². The summed E-state index contributed by atoms with van der Waals surface area (Å²) in [6.07, 6.45) is 1.51. The van der Waals surface area contributed by atoms with Gasteiger partial charge < -0.3 is 10.6 Å². The number of anilines is 2. The topological polar surface area (TPSA) is 66.9 Å². The number of carbonyl (C=O) groups excluding carboxylic acids is 1. The number of nitrogens with zero attached hydrogens (tertiary/aromatic N) is 2. The highest BCUT2D eigenvalue weighted by molar-refractivity contribution is 7.16. The van der Waals surface area contributed by atoms with Crippen LogP contribution in [0.5, 0.6) is 0 Å². The molecule has 1 aromatic carbocycles. The molecule has 0 fully saturated rings. The normalized spacial score (nSPS) is 10.7. The van der Waals surface area contributed by atoms with Gasteiger partial charge in [-0.1, -0.05) is 17.7 Å². The first-order valence-corrected chi connectivity index (χ1v) is 8.22. The van der Waals surface area contributed by atoms with Gasteiger partial charge in [0, 0.05) is 5.69 Å². The van der Waals surface area contributed by atoms with Crippen LogP contribution in [-0.4, -0.2) is 22.4 Å². The van der Waals surface area contributed by atoms with Crippen molar-refractivity contribution in [3.8, 4) is 0 Å². The second-order valence-corrected chi connectivity index (χ2v) is 6.43. The molecule has 0 radical (unpaired) electrons. The lowest BCUT2D eigenvalue weighted by atomic mass is 10.1. The number of hydrogen-bond donors (Lipinski definition) is 2. The van der Waals surface area contributed by atoms with Gasteiger partial charge in [0.05, 0.1) is 11.9 Å². The van der Waals surface area contributed by atoms with Crippen LogP contribution in [0, 0.1) is 20.8 Å². The standard InChI is InChI=1S/C17H18N4OS/c1-10-6-11(2)15(12(3)7-10)21-14(22)8-18-16-13-4-5-23-17(13)20-9-19-16/h4-7,9H,8H2,1-3H3,(H,21,22)(H,18,19,20). The second-order valence-electron chi connectivity index (χ2n) is 5.54. The Bertz CT molecular complexity index is 849. The summed E-state index contributed by atoms with van der Waals surface area (Å²) in [7, 11) is 0. The highest BCUT2D eigenvalue weighted by atomic mass is 32.1. The smallest absolute Gasteiger partial charge is 0.243 e. The van der Waals surface area contributed by atoms with E-state index in [-0.39, 0.29) is 12.5 Å². The molecule has 0 spiro atoms. The summed E-state index contributed by atoms with van der Waals surface area (Å²) < 4.78 is 0. The van der Waals surface area contributed by atoms with Gasteiger partial charge >= 0.3 is 0 Å². The third-order valence-corrected chi connectivity index (χ3v) is 4.44. The predicted molar refractivity (Wildman–Crippen MR) is 95.2 cm³/mol. The number of aromatic nitrogens is 2. The molecule has 0 saturated heterocycles. The first-order chi connectivity index (χ1) is 11.0.